The quantitative estimate of drug-likeness (QED) is 0.672. The van der Waals surface area contributed by atoms with E-state index in [0.29, 0.717) is 0 Å². The molecule has 9 heteroatoms. The van der Waals surface area contributed by atoms with Crippen molar-refractivity contribution in [3.05, 3.63) is 59.9 Å². The largest absolute Gasteiger partial charge is 0.346 e. The molecule has 26 heavy (non-hydrogen) atoms. The fourth-order valence-corrected chi connectivity index (χ4v) is 2.94. The van der Waals surface area contributed by atoms with E-state index in [-0.39, 0.29) is 10.6 Å². The van der Waals surface area contributed by atoms with Crippen molar-refractivity contribution in [3.8, 4) is 0 Å². The monoisotopic (exact) mass is 379 g/mol. The number of anilines is 1. The molecule has 0 radical (unpaired) electrons. The molecule has 0 aromatic heterocycles. The number of hydrogen-bond acceptors (Lipinski definition) is 4. The van der Waals surface area contributed by atoms with Crippen LogP contribution in [0.4, 0.5) is 10.1 Å². The second-order valence-electron chi connectivity index (χ2n) is 5.44. The maximum absolute atomic E-state index is 13.4. The highest BCUT2D eigenvalue weighted by Gasteiger charge is 2.15. The number of halogens is 1. The minimum absolute atomic E-state index is 0.00757. The molecule has 0 atom stereocenters. The van der Waals surface area contributed by atoms with Gasteiger partial charge in [0.1, 0.15) is 5.82 Å². The Morgan fingerprint density at radius 3 is 2.27 bits per heavy atom. The number of benzene rings is 2. The van der Waals surface area contributed by atoms with E-state index in [1.165, 1.54) is 30.3 Å². The van der Waals surface area contributed by atoms with Crippen molar-refractivity contribution in [2.24, 2.45) is 0 Å². The molecule has 2 aromatic rings. The second kappa shape index (κ2) is 8.54. The molecule has 2 aromatic carbocycles. The number of rotatable bonds is 7. The van der Waals surface area contributed by atoms with E-state index < -0.39 is 40.7 Å². The molecule has 138 valence electrons. The molecule has 2 rings (SSSR count). The zero-order valence-electron chi connectivity index (χ0n) is 14.0. The molecule has 0 aliphatic carbocycles. The third kappa shape index (κ3) is 5.64. The molecule has 0 saturated heterocycles. The highest BCUT2D eigenvalue weighted by Crippen LogP contribution is 2.12. The smallest absolute Gasteiger partial charge is 0.243 e. The van der Waals surface area contributed by atoms with E-state index >= 15 is 0 Å². The molecular weight excluding hydrogens is 361 g/mol. The fourth-order valence-electron chi connectivity index (χ4n) is 1.96. The first-order valence-electron chi connectivity index (χ1n) is 7.65. The number of hydrogen-bond donors (Lipinski definition) is 3. The van der Waals surface area contributed by atoms with Gasteiger partial charge in [-0.15, -0.1) is 0 Å². The lowest BCUT2D eigenvalue weighted by molar-refractivity contribution is -0.123. The lowest BCUT2D eigenvalue weighted by atomic mass is 10.2. The highest BCUT2D eigenvalue weighted by atomic mass is 32.2. The summed E-state index contributed by atoms with van der Waals surface area (Å²) in [6.45, 7) is 0.881. The van der Waals surface area contributed by atoms with Gasteiger partial charge in [-0.25, -0.2) is 17.5 Å². The lowest BCUT2D eigenvalue weighted by Crippen LogP contribution is -2.40. The fraction of sp³-hybridized carbons (Fsp3) is 0.176. The van der Waals surface area contributed by atoms with Gasteiger partial charge in [0.25, 0.3) is 0 Å². The molecule has 0 spiro atoms. The summed E-state index contributed by atoms with van der Waals surface area (Å²) in [5.41, 5.74) is 0.898. The standard InChI is InChI=1S/C17H18FN3O4S/c1-12-6-8-13(9-7-12)26(24,25)20-11-16(22)19-10-17(23)21-15-5-3-2-4-14(15)18/h2-9,20H,10-11H2,1H3,(H,19,22)(H,21,23). The molecule has 0 bridgehead atoms. The summed E-state index contributed by atoms with van der Waals surface area (Å²) in [5.74, 6) is -1.92. The Bertz CT molecular complexity index is 898. The average Bonchev–Trinajstić information content (AvgIpc) is 2.60. The predicted molar refractivity (Wildman–Crippen MR) is 94.4 cm³/mol. The number of nitrogens with one attached hydrogen (secondary N) is 3. The van der Waals surface area contributed by atoms with Crippen LogP contribution in [0.1, 0.15) is 5.56 Å². The summed E-state index contributed by atoms with van der Waals surface area (Å²) in [4.78, 5) is 23.4. The van der Waals surface area contributed by atoms with Crippen molar-refractivity contribution >= 4 is 27.5 Å². The first-order valence-corrected chi connectivity index (χ1v) is 9.13. The number of aryl methyl sites for hydroxylation is 1. The van der Waals surface area contributed by atoms with Crippen LogP contribution in [0.25, 0.3) is 0 Å². The zero-order chi connectivity index (χ0) is 19.2. The first-order chi connectivity index (χ1) is 12.3. The van der Waals surface area contributed by atoms with Gasteiger partial charge >= 0.3 is 0 Å². The van der Waals surface area contributed by atoms with Crippen LogP contribution < -0.4 is 15.4 Å². The molecule has 0 aliphatic rings. The Morgan fingerprint density at radius 2 is 1.62 bits per heavy atom. The van der Waals surface area contributed by atoms with Gasteiger partial charge in [-0.3, -0.25) is 9.59 Å². The molecule has 3 N–H and O–H groups in total. The summed E-state index contributed by atoms with van der Waals surface area (Å²) in [5, 5.41) is 4.56. The van der Waals surface area contributed by atoms with Crippen LogP contribution in [0.15, 0.2) is 53.4 Å². The van der Waals surface area contributed by atoms with Gasteiger partial charge in [-0.2, -0.15) is 0 Å². The number of carbonyl (C=O) groups excluding carboxylic acids is 2. The molecule has 0 fully saturated rings. The molecule has 0 saturated carbocycles. The van der Waals surface area contributed by atoms with Gasteiger partial charge in [-0.1, -0.05) is 29.8 Å². The van der Waals surface area contributed by atoms with Crippen molar-refractivity contribution in [2.75, 3.05) is 18.4 Å². The van der Waals surface area contributed by atoms with Crippen LogP contribution in [0.2, 0.25) is 0 Å². The van der Waals surface area contributed by atoms with Crippen LogP contribution in [-0.2, 0) is 19.6 Å². The first kappa shape index (κ1) is 19.5. The van der Waals surface area contributed by atoms with Gasteiger partial charge in [0.05, 0.1) is 23.7 Å². The van der Waals surface area contributed by atoms with Crippen molar-refractivity contribution in [1.82, 2.24) is 10.0 Å². The van der Waals surface area contributed by atoms with Crippen molar-refractivity contribution in [1.29, 1.82) is 0 Å². The Balaban J connectivity index is 1.80. The van der Waals surface area contributed by atoms with E-state index in [2.05, 4.69) is 15.4 Å². The average molecular weight is 379 g/mol. The van der Waals surface area contributed by atoms with Crippen LogP contribution in [0.3, 0.4) is 0 Å². The number of para-hydroxylation sites is 1. The zero-order valence-corrected chi connectivity index (χ0v) is 14.8. The lowest BCUT2D eigenvalue weighted by Gasteiger charge is -2.09. The maximum atomic E-state index is 13.4. The third-order valence-corrected chi connectivity index (χ3v) is 4.77. The molecule has 0 aliphatic heterocycles. The topological polar surface area (TPSA) is 104 Å². The van der Waals surface area contributed by atoms with E-state index in [1.807, 2.05) is 6.92 Å². The Kier molecular flexibility index (Phi) is 6.42. The van der Waals surface area contributed by atoms with E-state index in [4.69, 9.17) is 0 Å². The summed E-state index contributed by atoms with van der Waals surface area (Å²) < 4.78 is 39.7. The maximum Gasteiger partial charge on any atom is 0.243 e. The minimum Gasteiger partial charge on any atom is -0.346 e. The molecule has 0 heterocycles. The Morgan fingerprint density at radius 1 is 0.962 bits per heavy atom. The summed E-state index contributed by atoms with van der Waals surface area (Å²) in [7, 11) is -3.83. The molecular formula is C17H18FN3O4S. The van der Waals surface area contributed by atoms with Gasteiger partial charge in [-0.05, 0) is 31.2 Å². The van der Waals surface area contributed by atoms with Crippen molar-refractivity contribution < 1.29 is 22.4 Å². The van der Waals surface area contributed by atoms with Crippen molar-refractivity contribution in [3.63, 3.8) is 0 Å². The van der Waals surface area contributed by atoms with E-state index in [0.717, 1.165) is 5.56 Å². The SMILES string of the molecule is Cc1ccc(S(=O)(=O)NCC(=O)NCC(=O)Nc2ccccc2F)cc1. The second-order valence-corrected chi connectivity index (χ2v) is 7.21. The molecule has 2 amide bonds. The molecule has 7 nitrogen and oxygen atoms in total. The van der Waals surface area contributed by atoms with Crippen LogP contribution in [0.5, 0.6) is 0 Å². The molecule has 0 unspecified atom stereocenters. The number of sulfonamides is 1. The van der Waals surface area contributed by atoms with Crippen LogP contribution in [0, 0.1) is 12.7 Å². The summed E-state index contributed by atoms with van der Waals surface area (Å²) in [6, 6.07) is 11.7. The van der Waals surface area contributed by atoms with E-state index in [9.17, 15) is 22.4 Å². The Hall–Kier alpha value is -2.78. The third-order valence-electron chi connectivity index (χ3n) is 3.35. The van der Waals surface area contributed by atoms with Crippen LogP contribution >= 0.6 is 0 Å². The normalized spacial score (nSPS) is 11.0. The van der Waals surface area contributed by atoms with Gasteiger partial charge < -0.3 is 10.6 Å². The summed E-state index contributed by atoms with van der Waals surface area (Å²) >= 11 is 0. The number of amides is 2. The summed E-state index contributed by atoms with van der Waals surface area (Å²) in [6.07, 6.45) is 0. The minimum atomic E-state index is -3.83. The van der Waals surface area contributed by atoms with Crippen molar-refractivity contribution in [2.45, 2.75) is 11.8 Å². The van der Waals surface area contributed by atoms with Gasteiger partial charge in [0.15, 0.2) is 0 Å². The van der Waals surface area contributed by atoms with Gasteiger partial charge in [0, 0.05) is 0 Å². The predicted octanol–water partition coefficient (Wildman–Crippen LogP) is 1.17. The van der Waals surface area contributed by atoms with E-state index in [1.54, 1.807) is 18.2 Å². The van der Waals surface area contributed by atoms with Crippen LogP contribution in [-0.4, -0.2) is 33.3 Å². The van der Waals surface area contributed by atoms with Gasteiger partial charge in [0.2, 0.25) is 21.8 Å². The highest BCUT2D eigenvalue weighted by molar-refractivity contribution is 7.89. The number of carbonyl (C=O) groups is 2. The Labute approximate surface area is 150 Å².